The number of rotatable bonds is 5. The molecule has 2 aromatic rings. The van der Waals surface area contributed by atoms with Crippen molar-refractivity contribution in [1.82, 2.24) is 14.3 Å². The van der Waals surface area contributed by atoms with Gasteiger partial charge in [-0.1, -0.05) is 6.92 Å². The fraction of sp³-hybridized carbons (Fsp3) is 0.562. The van der Waals surface area contributed by atoms with Crippen molar-refractivity contribution in [3.8, 4) is 0 Å². The summed E-state index contributed by atoms with van der Waals surface area (Å²) in [4.78, 5) is 31.5. The van der Waals surface area contributed by atoms with Crippen LogP contribution in [0.1, 0.15) is 25.5 Å². The van der Waals surface area contributed by atoms with E-state index in [-0.39, 0.29) is 17.5 Å². The van der Waals surface area contributed by atoms with Crippen molar-refractivity contribution in [2.24, 2.45) is 11.7 Å². The Bertz CT molecular complexity index is 773. The number of fused-ring (bicyclic) bond motifs is 1. The molecule has 0 radical (unpaired) electrons. The summed E-state index contributed by atoms with van der Waals surface area (Å²) >= 11 is 2.94. The Labute approximate surface area is 149 Å². The molecule has 1 amide bonds. The van der Waals surface area contributed by atoms with Gasteiger partial charge >= 0.3 is 0 Å². The number of piperidine rings is 1. The van der Waals surface area contributed by atoms with E-state index < -0.39 is 0 Å². The standard InChI is InChI=1S/C16H22N4O2S2/c1-11-2-3-19(13(6-11)8-17)15(22)10-23-9-12-7-14(21)20-4-5-24-16(20)18-12/h4-5,7,11,13H,2-3,6,8-10,17H2,1H3. The average Bonchev–Trinajstić information content (AvgIpc) is 3.03. The first-order chi connectivity index (χ1) is 11.6. The topological polar surface area (TPSA) is 80.7 Å². The van der Waals surface area contributed by atoms with Gasteiger partial charge in [0.2, 0.25) is 5.91 Å². The van der Waals surface area contributed by atoms with Gasteiger partial charge in [0.25, 0.3) is 5.56 Å². The summed E-state index contributed by atoms with van der Waals surface area (Å²) in [6.45, 7) is 3.53. The third kappa shape index (κ3) is 3.81. The Morgan fingerprint density at radius 2 is 2.38 bits per heavy atom. The number of likely N-dealkylation sites (tertiary alicyclic amines) is 1. The minimum Gasteiger partial charge on any atom is -0.338 e. The van der Waals surface area contributed by atoms with Crippen LogP contribution in [-0.4, -0.2) is 45.1 Å². The van der Waals surface area contributed by atoms with Crippen molar-refractivity contribution in [3.63, 3.8) is 0 Å². The molecule has 0 spiro atoms. The van der Waals surface area contributed by atoms with Crippen LogP contribution in [0.4, 0.5) is 0 Å². The maximum atomic E-state index is 12.5. The first-order valence-electron chi connectivity index (χ1n) is 8.11. The maximum absolute atomic E-state index is 12.5. The van der Waals surface area contributed by atoms with Crippen molar-refractivity contribution >= 4 is 34.0 Å². The molecular weight excluding hydrogens is 344 g/mol. The predicted molar refractivity (Wildman–Crippen MR) is 98.5 cm³/mol. The van der Waals surface area contributed by atoms with Gasteiger partial charge in [0, 0.05) is 42.5 Å². The number of amides is 1. The van der Waals surface area contributed by atoms with E-state index in [9.17, 15) is 9.59 Å². The van der Waals surface area contributed by atoms with Gasteiger partial charge in [-0.2, -0.15) is 0 Å². The van der Waals surface area contributed by atoms with Gasteiger partial charge in [-0.25, -0.2) is 4.98 Å². The Morgan fingerprint density at radius 1 is 1.54 bits per heavy atom. The molecule has 2 atom stereocenters. The molecule has 8 heteroatoms. The zero-order valence-corrected chi connectivity index (χ0v) is 15.3. The summed E-state index contributed by atoms with van der Waals surface area (Å²) in [5.41, 5.74) is 6.48. The Balaban J connectivity index is 1.57. The number of carbonyl (C=O) groups excluding carboxylic acids is 1. The monoisotopic (exact) mass is 366 g/mol. The summed E-state index contributed by atoms with van der Waals surface area (Å²) in [6.07, 6.45) is 3.75. The lowest BCUT2D eigenvalue weighted by Gasteiger charge is -2.38. The normalized spacial score (nSPS) is 21.3. The SMILES string of the molecule is CC1CCN(C(=O)CSCc2cc(=O)n3ccsc3n2)C(CN)C1. The number of nitrogens with zero attached hydrogens (tertiary/aromatic N) is 3. The Hall–Kier alpha value is -1.38. The van der Waals surface area contributed by atoms with Crippen molar-refractivity contribution in [2.75, 3.05) is 18.8 Å². The van der Waals surface area contributed by atoms with Gasteiger partial charge in [0.15, 0.2) is 4.96 Å². The third-order valence-corrected chi connectivity index (χ3v) is 6.11. The molecule has 3 rings (SSSR count). The van der Waals surface area contributed by atoms with Crippen LogP contribution in [0, 0.1) is 5.92 Å². The van der Waals surface area contributed by atoms with Gasteiger partial charge in [0.1, 0.15) is 0 Å². The molecule has 0 aliphatic carbocycles. The van der Waals surface area contributed by atoms with Crippen molar-refractivity contribution in [3.05, 3.63) is 33.7 Å². The molecule has 1 aliphatic rings. The van der Waals surface area contributed by atoms with Gasteiger partial charge in [-0.15, -0.1) is 23.1 Å². The first kappa shape index (κ1) is 17.4. The van der Waals surface area contributed by atoms with Crippen LogP contribution >= 0.6 is 23.1 Å². The quantitative estimate of drug-likeness (QED) is 0.869. The number of nitrogens with two attached hydrogens (primary N) is 1. The second-order valence-electron chi connectivity index (χ2n) is 6.24. The van der Waals surface area contributed by atoms with Crippen LogP contribution in [0.5, 0.6) is 0 Å². The highest BCUT2D eigenvalue weighted by molar-refractivity contribution is 7.99. The molecule has 2 unspecified atom stereocenters. The van der Waals surface area contributed by atoms with Crippen LogP contribution < -0.4 is 11.3 Å². The number of thioether (sulfide) groups is 1. The van der Waals surface area contributed by atoms with Crippen LogP contribution in [-0.2, 0) is 10.5 Å². The fourth-order valence-corrected chi connectivity index (χ4v) is 4.63. The van der Waals surface area contributed by atoms with Gasteiger partial charge in [0.05, 0.1) is 11.4 Å². The number of hydrogen-bond donors (Lipinski definition) is 1. The summed E-state index contributed by atoms with van der Waals surface area (Å²) in [5, 5.41) is 1.84. The predicted octanol–water partition coefficient (Wildman–Crippen LogP) is 1.57. The highest BCUT2D eigenvalue weighted by Crippen LogP contribution is 2.23. The lowest BCUT2D eigenvalue weighted by molar-refractivity contribution is -0.132. The smallest absolute Gasteiger partial charge is 0.258 e. The van der Waals surface area contributed by atoms with Gasteiger partial charge in [-0.3, -0.25) is 14.0 Å². The Morgan fingerprint density at radius 3 is 3.17 bits per heavy atom. The molecule has 2 N–H and O–H groups in total. The summed E-state index contributed by atoms with van der Waals surface area (Å²) in [6, 6.07) is 1.70. The zero-order valence-electron chi connectivity index (χ0n) is 13.7. The molecule has 3 heterocycles. The molecule has 24 heavy (non-hydrogen) atoms. The van der Waals surface area contributed by atoms with Crippen LogP contribution in [0.15, 0.2) is 22.4 Å². The number of hydrogen-bond acceptors (Lipinski definition) is 6. The molecule has 0 saturated carbocycles. The molecule has 1 aliphatic heterocycles. The van der Waals surface area contributed by atoms with E-state index in [1.165, 1.54) is 27.5 Å². The highest BCUT2D eigenvalue weighted by atomic mass is 32.2. The largest absolute Gasteiger partial charge is 0.338 e. The highest BCUT2D eigenvalue weighted by Gasteiger charge is 2.28. The molecule has 130 valence electrons. The molecular formula is C16H22N4O2S2. The number of aromatic nitrogens is 2. The van der Waals surface area contributed by atoms with Crippen LogP contribution in [0.25, 0.3) is 4.96 Å². The van der Waals surface area contributed by atoms with E-state index in [1.54, 1.807) is 12.3 Å². The summed E-state index contributed by atoms with van der Waals surface area (Å²) in [7, 11) is 0. The maximum Gasteiger partial charge on any atom is 0.258 e. The lowest BCUT2D eigenvalue weighted by Crippen LogP contribution is -2.49. The molecule has 0 aromatic carbocycles. The third-order valence-electron chi connectivity index (χ3n) is 4.40. The molecule has 1 fully saturated rings. The fourth-order valence-electron chi connectivity index (χ4n) is 3.09. The summed E-state index contributed by atoms with van der Waals surface area (Å²) < 4.78 is 1.53. The molecule has 0 bridgehead atoms. The van der Waals surface area contributed by atoms with E-state index in [0.717, 1.165) is 25.1 Å². The average molecular weight is 367 g/mol. The molecule has 6 nitrogen and oxygen atoms in total. The minimum absolute atomic E-state index is 0.0728. The van der Waals surface area contributed by atoms with Gasteiger partial charge in [-0.05, 0) is 18.8 Å². The van der Waals surface area contributed by atoms with E-state index >= 15 is 0 Å². The van der Waals surface area contributed by atoms with Crippen molar-refractivity contribution < 1.29 is 4.79 Å². The van der Waals surface area contributed by atoms with E-state index in [2.05, 4.69) is 11.9 Å². The second kappa shape index (κ2) is 7.67. The van der Waals surface area contributed by atoms with Crippen molar-refractivity contribution in [1.29, 1.82) is 0 Å². The second-order valence-corrected chi connectivity index (χ2v) is 8.10. The lowest BCUT2D eigenvalue weighted by atomic mass is 9.92. The minimum atomic E-state index is -0.0728. The molecule has 1 saturated heterocycles. The Kier molecular flexibility index (Phi) is 5.57. The summed E-state index contributed by atoms with van der Waals surface area (Å²) in [5.74, 6) is 1.73. The van der Waals surface area contributed by atoms with Gasteiger partial charge < -0.3 is 10.6 Å². The molecule has 2 aromatic heterocycles. The van der Waals surface area contributed by atoms with Crippen LogP contribution in [0.3, 0.4) is 0 Å². The number of carbonyl (C=O) groups is 1. The zero-order chi connectivity index (χ0) is 17.1. The van der Waals surface area contributed by atoms with Crippen LogP contribution in [0.2, 0.25) is 0 Å². The van der Waals surface area contributed by atoms with E-state index in [4.69, 9.17) is 5.73 Å². The first-order valence-corrected chi connectivity index (χ1v) is 10.1. The van der Waals surface area contributed by atoms with E-state index in [1.807, 2.05) is 10.3 Å². The number of thiazole rings is 1. The van der Waals surface area contributed by atoms with E-state index in [0.29, 0.717) is 28.9 Å². The van der Waals surface area contributed by atoms with Crippen molar-refractivity contribution in [2.45, 2.75) is 31.6 Å².